The molecule has 1 unspecified atom stereocenters. The number of nitrogens with one attached hydrogen (secondary N) is 2. The van der Waals surface area contributed by atoms with Crippen LogP contribution in [0, 0.1) is 6.92 Å². The molecule has 0 aliphatic carbocycles. The van der Waals surface area contributed by atoms with E-state index in [1.165, 1.54) is 23.9 Å². The number of hydrogen-bond donors (Lipinski definition) is 2. The molecular formula is C17H19N3O5S2. The van der Waals surface area contributed by atoms with Gasteiger partial charge in [0.05, 0.1) is 16.3 Å². The quantitative estimate of drug-likeness (QED) is 0.779. The monoisotopic (exact) mass is 409 g/mol. The Kier molecular flexibility index (Phi) is 5.56. The third-order valence-electron chi connectivity index (χ3n) is 3.88. The second-order valence-electron chi connectivity index (χ2n) is 6.28. The highest BCUT2D eigenvalue weighted by Gasteiger charge is 2.23. The van der Waals surface area contributed by atoms with E-state index >= 15 is 0 Å². The van der Waals surface area contributed by atoms with Crippen LogP contribution in [0.1, 0.15) is 25.5 Å². The molecule has 27 heavy (non-hydrogen) atoms. The molecule has 1 atom stereocenters. The van der Waals surface area contributed by atoms with E-state index in [4.69, 9.17) is 4.52 Å². The van der Waals surface area contributed by atoms with Crippen LogP contribution < -0.4 is 10.6 Å². The standard InChI is InChI=1S/C17H19N3O5S2/c1-10-7-15(20-25-10)19-16(21)5-6-27(23,24)12-3-4-14-13(9-12)18-17(22)8-11(2)26-14/h3-4,7,9,11H,5-6,8H2,1-2H3,(H,18,22)(H,19,20,21). The fourth-order valence-corrected chi connectivity index (χ4v) is 4.91. The zero-order valence-electron chi connectivity index (χ0n) is 14.8. The first-order valence-corrected chi connectivity index (χ1v) is 10.8. The molecule has 1 aliphatic rings. The Balaban J connectivity index is 1.69. The zero-order valence-corrected chi connectivity index (χ0v) is 16.4. The molecule has 2 amide bonds. The minimum atomic E-state index is -3.68. The summed E-state index contributed by atoms with van der Waals surface area (Å²) in [6.45, 7) is 3.63. The smallest absolute Gasteiger partial charge is 0.226 e. The average molecular weight is 409 g/mol. The lowest BCUT2D eigenvalue weighted by molar-refractivity contribution is -0.116. The van der Waals surface area contributed by atoms with Gasteiger partial charge in [-0.3, -0.25) is 9.59 Å². The van der Waals surface area contributed by atoms with Crippen molar-refractivity contribution in [1.82, 2.24) is 5.16 Å². The van der Waals surface area contributed by atoms with Crippen LogP contribution in [-0.4, -0.2) is 36.4 Å². The SMILES string of the molecule is Cc1cc(NC(=O)CCS(=O)(=O)c2ccc3c(c2)NC(=O)CC(C)S3)no1. The molecule has 1 aliphatic heterocycles. The van der Waals surface area contributed by atoms with E-state index in [9.17, 15) is 18.0 Å². The van der Waals surface area contributed by atoms with E-state index in [1.54, 1.807) is 19.1 Å². The van der Waals surface area contributed by atoms with Gasteiger partial charge in [0.1, 0.15) is 5.76 Å². The van der Waals surface area contributed by atoms with E-state index in [-0.39, 0.29) is 34.0 Å². The summed E-state index contributed by atoms with van der Waals surface area (Å²) in [6, 6.07) is 6.18. The molecular weight excluding hydrogens is 390 g/mol. The molecule has 1 aromatic heterocycles. The molecule has 0 saturated heterocycles. The van der Waals surface area contributed by atoms with Gasteiger partial charge in [-0.05, 0) is 25.1 Å². The molecule has 10 heteroatoms. The normalized spacial score (nSPS) is 17.0. The molecule has 0 spiro atoms. The lowest BCUT2D eigenvalue weighted by atomic mass is 10.3. The number of anilines is 2. The van der Waals surface area contributed by atoms with Gasteiger partial charge in [0, 0.05) is 29.1 Å². The van der Waals surface area contributed by atoms with Gasteiger partial charge in [-0.15, -0.1) is 11.8 Å². The highest BCUT2D eigenvalue weighted by molar-refractivity contribution is 8.00. The van der Waals surface area contributed by atoms with Gasteiger partial charge in [-0.25, -0.2) is 8.42 Å². The number of hydrogen-bond acceptors (Lipinski definition) is 7. The molecule has 1 aromatic carbocycles. The Morgan fingerprint density at radius 3 is 2.89 bits per heavy atom. The predicted octanol–water partition coefficient (Wildman–Crippen LogP) is 2.61. The second-order valence-corrected chi connectivity index (χ2v) is 9.87. The number of carbonyl (C=O) groups is 2. The number of rotatable bonds is 5. The number of sulfone groups is 1. The number of aromatic nitrogens is 1. The second kappa shape index (κ2) is 7.73. The highest BCUT2D eigenvalue weighted by Crippen LogP contribution is 2.36. The Labute approximate surface area is 161 Å². The Bertz CT molecular complexity index is 984. The van der Waals surface area contributed by atoms with Gasteiger partial charge in [-0.2, -0.15) is 0 Å². The molecule has 0 fully saturated rings. The van der Waals surface area contributed by atoms with Crippen LogP contribution in [0.4, 0.5) is 11.5 Å². The lowest BCUT2D eigenvalue weighted by Gasteiger charge is -2.10. The molecule has 2 N–H and O–H groups in total. The van der Waals surface area contributed by atoms with Crippen molar-refractivity contribution in [3.63, 3.8) is 0 Å². The molecule has 2 heterocycles. The van der Waals surface area contributed by atoms with Gasteiger partial charge in [-0.1, -0.05) is 12.1 Å². The Morgan fingerprint density at radius 2 is 2.19 bits per heavy atom. The van der Waals surface area contributed by atoms with Crippen LogP contribution in [0.2, 0.25) is 0 Å². The van der Waals surface area contributed by atoms with Crippen LogP contribution >= 0.6 is 11.8 Å². The molecule has 0 radical (unpaired) electrons. The topological polar surface area (TPSA) is 118 Å². The number of carbonyl (C=O) groups excluding carboxylic acids is 2. The van der Waals surface area contributed by atoms with Gasteiger partial charge < -0.3 is 15.2 Å². The summed E-state index contributed by atoms with van der Waals surface area (Å²) < 4.78 is 30.0. The van der Waals surface area contributed by atoms with E-state index in [2.05, 4.69) is 15.8 Å². The number of nitrogens with zero attached hydrogens (tertiary/aromatic N) is 1. The van der Waals surface area contributed by atoms with E-state index in [0.29, 0.717) is 17.9 Å². The average Bonchev–Trinajstić information content (AvgIpc) is 2.92. The molecule has 2 aromatic rings. The molecule has 3 rings (SSSR count). The van der Waals surface area contributed by atoms with Gasteiger partial charge >= 0.3 is 0 Å². The maximum Gasteiger partial charge on any atom is 0.226 e. The minimum Gasteiger partial charge on any atom is -0.360 e. The summed E-state index contributed by atoms with van der Waals surface area (Å²) in [5, 5.41) is 8.97. The van der Waals surface area contributed by atoms with E-state index in [1.807, 2.05) is 6.92 Å². The third kappa shape index (κ3) is 4.89. The minimum absolute atomic E-state index is 0.0711. The summed E-state index contributed by atoms with van der Waals surface area (Å²) in [6.07, 6.45) is 0.145. The van der Waals surface area contributed by atoms with Gasteiger partial charge in [0.2, 0.25) is 11.8 Å². The van der Waals surface area contributed by atoms with Crippen LogP contribution in [-0.2, 0) is 19.4 Å². The summed E-state index contributed by atoms with van der Waals surface area (Å²) in [7, 11) is -3.68. The fourth-order valence-electron chi connectivity index (χ4n) is 2.60. The maximum absolute atomic E-state index is 12.6. The van der Waals surface area contributed by atoms with Gasteiger partial charge in [0.15, 0.2) is 15.7 Å². The van der Waals surface area contributed by atoms with Crippen LogP contribution in [0.15, 0.2) is 38.6 Å². The number of amides is 2. The largest absolute Gasteiger partial charge is 0.360 e. The Morgan fingerprint density at radius 1 is 1.41 bits per heavy atom. The lowest BCUT2D eigenvalue weighted by Crippen LogP contribution is -2.18. The van der Waals surface area contributed by atoms with Gasteiger partial charge in [0.25, 0.3) is 0 Å². The highest BCUT2D eigenvalue weighted by atomic mass is 32.2. The van der Waals surface area contributed by atoms with Crippen LogP contribution in [0.3, 0.4) is 0 Å². The molecule has 144 valence electrons. The van der Waals surface area contributed by atoms with Crippen molar-refractivity contribution in [2.75, 3.05) is 16.4 Å². The number of thioether (sulfide) groups is 1. The fraction of sp³-hybridized carbons (Fsp3) is 0.353. The van der Waals surface area contributed by atoms with Crippen molar-refractivity contribution in [2.24, 2.45) is 0 Å². The first-order valence-electron chi connectivity index (χ1n) is 8.29. The van der Waals surface area contributed by atoms with Crippen LogP contribution in [0.25, 0.3) is 0 Å². The van der Waals surface area contributed by atoms with Crippen molar-refractivity contribution >= 4 is 44.9 Å². The molecule has 0 saturated carbocycles. The van der Waals surface area contributed by atoms with E-state index < -0.39 is 15.7 Å². The van der Waals surface area contributed by atoms with Crippen molar-refractivity contribution in [3.05, 3.63) is 30.0 Å². The first-order chi connectivity index (χ1) is 12.7. The summed E-state index contributed by atoms with van der Waals surface area (Å²) in [5.41, 5.74) is 0.484. The number of benzene rings is 1. The Hall–Kier alpha value is -2.33. The number of aryl methyl sites for hydroxylation is 1. The summed E-state index contributed by atoms with van der Waals surface area (Å²) in [4.78, 5) is 24.7. The van der Waals surface area contributed by atoms with E-state index in [0.717, 1.165) is 4.90 Å². The molecule has 0 bridgehead atoms. The predicted molar refractivity (Wildman–Crippen MR) is 102 cm³/mol. The van der Waals surface area contributed by atoms with Crippen molar-refractivity contribution in [2.45, 2.75) is 41.7 Å². The van der Waals surface area contributed by atoms with Crippen LogP contribution in [0.5, 0.6) is 0 Å². The summed E-state index contributed by atoms with van der Waals surface area (Å²) >= 11 is 1.52. The van der Waals surface area contributed by atoms with Crippen molar-refractivity contribution in [3.8, 4) is 0 Å². The number of fused-ring (bicyclic) bond motifs is 1. The molecule has 8 nitrogen and oxygen atoms in total. The summed E-state index contributed by atoms with van der Waals surface area (Å²) in [5.74, 6) is -0.192. The zero-order chi connectivity index (χ0) is 19.6. The van der Waals surface area contributed by atoms with Crippen molar-refractivity contribution in [1.29, 1.82) is 0 Å². The van der Waals surface area contributed by atoms with Crippen molar-refractivity contribution < 1.29 is 22.5 Å². The first kappa shape index (κ1) is 19.4. The third-order valence-corrected chi connectivity index (χ3v) is 6.77. The maximum atomic E-state index is 12.6.